The van der Waals surface area contributed by atoms with E-state index < -0.39 is 0 Å². The molecule has 0 aliphatic carbocycles. The lowest BCUT2D eigenvalue weighted by Crippen LogP contribution is -2.23. The van der Waals surface area contributed by atoms with Crippen LogP contribution in [0.4, 0.5) is 0 Å². The van der Waals surface area contributed by atoms with E-state index in [9.17, 15) is 0 Å². The van der Waals surface area contributed by atoms with Crippen LogP contribution < -0.4 is 0 Å². The van der Waals surface area contributed by atoms with Crippen LogP contribution in [-0.2, 0) is 13.0 Å². The van der Waals surface area contributed by atoms with Crippen LogP contribution in [-0.4, -0.2) is 21.6 Å². The van der Waals surface area contributed by atoms with Gasteiger partial charge < -0.3 is 4.52 Å². The summed E-state index contributed by atoms with van der Waals surface area (Å²) in [5, 5.41) is 5.32. The van der Waals surface area contributed by atoms with Crippen LogP contribution in [0.1, 0.15) is 50.0 Å². The second-order valence-corrected chi connectivity index (χ2v) is 7.32. The Hall–Kier alpha value is -1.10. The summed E-state index contributed by atoms with van der Waals surface area (Å²) in [5.41, 5.74) is 1.20. The number of likely N-dealkylation sites (tertiary alicyclic amines) is 1. The lowest BCUT2D eigenvalue weighted by molar-refractivity contribution is 0.238. The van der Waals surface area contributed by atoms with E-state index in [0.717, 1.165) is 37.5 Å². The molecule has 124 valence electrons. The highest BCUT2D eigenvalue weighted by Gasteiger charge is 2.27. The molecule has 2 heterocycles. The molecular formula is C17H21Cl2N3O. The van der Waals surface area contributed by atoms with Crippen LogP contribution in [0.15, 0.2) is 22.7 Å². The molecule has 23 heavy (non-hydrogen) atoms. The van der Waals surface area contributed by atoms with Gasteiger partial charge in [0, 0.05) is 12.5 Å². The molecule has 0 amide bonds. The highest BCUT2D eigenvalue weighted by Crippen LogP contribution is 2.35. The Bertz CT molecular complexity index is 672. The Morgan fingerprint density at radius 2 is 2.13 bits per heavy atom. The molecule has 1 aliphatic heterocycles. The normalized spacial score (nSPS) is 18.9. The van der Waals surface area contributed by atoms with Gasteiger partial charge in [0.05, 0.1) is 16.6 Å². The van der Waals surface area contributed by atoms with Gasteiger partial charge in [-0.25, -0.2) is 0 Å². The third kappa shape index (κ3) is 4.06. The second kappa shape index (κ2) is 7.20. The zero-order valence-corrected chi connectivity index (χ0v) is 14.9. The minimum absolute atomic E-state index is 0.330. The molecular weight excluding hydrogens is 333 g/mol. The van der Waals surface area contributed by atoms with Crippen molar-refractivity contribution in [1.82, 2.24) is 15.0 Å². The van der Waals surface area contributed by atoms with Crippen molar-refractivity contribution < 1.29 is 4.52 Å². The summed E-state index contributed by atoms with van der Waals surface area (Å²) >= 11 is 12.2. The maximum atomic E-state index is 6.16. The van der Waals surface area contributed by atoms with E-state index in [1.807, 2.05) is 12.1 Å². The number of aromatic nitrogens is 2. The fourth-order valence-electron chi connectivity index (χ4n) is 3.08. The average Bonchev–Trinajstić information content (AvgIpc) is 3.11. The number of halogens is 2. The first kappa shape index (κ1) is 16.7. The molecule has 0 radical (unpaired) electrons. The van der Waals surface area contributed by atoms with Gasteiger partial charge in [-0.2, -0.15) is 4.98 Å². The van der Waals surface area contributed by atoms with Gasteiger partial charge in [0.2, 0.25) is 5.89 Å². The van der Waals surface area contributed by atoms with E-state index in [1.54, 1.807) is 0 Å². The number of hydrogen-bond acceptors (Lipinski definition) is 4. The predicted molar refractivity (Wildman–Crippen MR) is 91.7 cm³/mol. The molecule has 1 aliphatic rings. The van der Waals surface area contributed by atoms with E-state index in [4.69, 9.17) is 27.7 Å². The fraction of sp³-hybridized carbons (Fsp3) is 0.529. The summed E-state index contributed by atoms with van der Waals surface area (Å²) in [7, 11) is 0. The Labute approximate surface area is 146 Å². The van der Waals surface area contributed by atoms with E-state index in [2.05, 4.69) is 35.0 Å². The van der Waals surface area contributed by atoms with Crippen molar-refractivity contribution in [1.29, 1.82) is 0 Å². The highest BCUT2D eigenvalue weighted by atomic mass is 35.5. The standard InChI is InChI=1S/C17H21Cl2N3O/c1-11(2)8-17-20-16(21-23-17)10-22-7-3-4-15(22)12-5-6-13(18)14(19)9-12/h5-6,9,11,15H,3-4,7-8,10H2,1-2H3. The Kier molecular flexibility index (Phi) is 5.24. The molecule has 1 aromatic heterocycles. The fourth-order valence-corrected chi connectivity index (χ4v) is 3.39. The van der Waals surface area contributed by atoms with Gasteiger partial charge in [-0.1, -0.05) is 48.3 Å². The predicted octanol–water partition coefficient (Wildman–Crippen LogP) is 4.91. The van der Waals surface area contributed by atoms with Gasteiger partial charge in [-0.15, -0.1) is 0 Å². The van der Waals surface area contributed by atoms with Crippen molar-refractivity contribution in [3.05, 3.63) is 45.5 Å². The largest absolute Gasteiger partial charge is 0.339 e. The number of nitrogens with zero attached hydrogens (tertiary/aromatic N) is 3. The summed E-state index contributed by atoms with van der Waals surface area (Å²) in [5.74, 6) is 1.99. The smallest absolute Gasteiger partial charge is 0.226 e. The molecule has 0 saturated carbocycles. The summed E-state index contributed by atoms with van der Waals surface area (Å²) in [4.78, 5) is 6.89. The summed E-state index contributed by atoms with van der Waals surface area (Å²) < 4.78 is 5.34. The second-order valence-electron chi connectivity index (χ2n) is 6.50. The topological polar surface area (TPSA) is 42.2 Å². The van der Waals surface area contributed by atoms with Crippen molar-refractivity contribution in [2.75, 3.05) is 6.54 Å². The molecule has 0 spiro atoms. The van der Waals surface area contributed by atoms with Crippen molar-refractivity contribution in [3.63, 3.8) is 0 Å². The monoisotopic (exact) mass is 353 g/mol. The van der Waals surface area contributed by atoms with Crippen molar-refractivity contribution in [2.24, 2.45) is 5.92 Å². The van der Waals surface area contributed by atoms with Crippen LogP contribution in [0.25, 0.3) is 0 Å². The molecule has 4 nitrogen and oxygen atoms in total. The Balaban J connectivity index is 1.71. The molecule has 1 aromatic carbocycles. The average molecular weight is 354 g/mol. The molecule has 1 fully saturated rings. The van der Waals surface area contributed by atoms with Crippen LogP contribution in [0.3, 0.4) is 0 Å². The molecule has 2 aromatic rings. The van der Waals surface area contributed by atoms with Crippen molar-refractivity contribution in [3.8, 4) is 0 Å². The minimum atomic E-state index is 0.330. The quantitative estimate of drug-likeness (QED) is 0.765. The lowest BCUT2D eigenvalue weighted by Gasteiger charge is -2.23. The first-order chi connectivity index (χ1) is 11.0. The van der Waals surface area contributed by atoms with E-state index in [1.165, 1.54) is 5.56 Å². The number of benzene rings is 1. The molecule has 3 rings (SSSR count). The van der Waals surface area contributed by atoms with Gasteiger partial charge in [-0.05, 0) is 43.0 Å². The molecule has 6 heteroatoms. The van der Waals surface area contributed by atoms with Gasteiger partial charge in [0.1, 0.15) is 0 Å². The molecule has 0 N–H and O–H groups in total. The van der Waals surface area contributed by atoms with Crippen molar-refractivity contribution >= 4 is 23.2 Å². The minimum Gasteiger partial charge on any atom is -0.339 e. The zero-order chi connectivity index (χ0) is 16.4. The maximum Gasteiger partial charge on any atom is 0.226 e. The highest BCUT2D eigenvalue weighted by molar-refractivity contribution is 6.42. The van der Waals surface area contributed by atoms with Crippen LogP contribution in [0.2, 0.25) is 10.0 Å². The first-order valence-corrected chi connectivity index (χ1v) is 8.79. The molecule has 1 saturated heterocycles. The molecule has 1 unspecified atom stereocenters. The SMILES string of the molecule is CC(C)Cc1nc(CN2CCCC2c2ccc(Cl)c(Cl)c2)no1. The van der Waals surface area contributed by atoms with Crippen molar-refractivity contribution in [2.45, 2.75) is 45.7 Å². The van der Waals surface area contributed by atoms with E-state index >= 15 is 0 Å². The summed E-state index contributed by atoms with van der Waals surface area (Å²) in [6.07, 6.45) is 3.08. The van der Waals surface area contributed by atoms with Gasteiger partial charge >= 0.3 is 0 Å². The molecule has 1 atom stereocenters. The Morgan fingerprint density at radius 1 is 1.30 bits per heavy atom. The van der Waals surface area contributed by atoms with E-state index in [-0.39, 0.29) is 0 Å². The van der Waals surface area contributed by atoms with Gasteiger partial charge in [0.15, 0.2) is 5.82 Å². The third-order valence-corrected chi connectivity index (χ3v) is 4.87. The first-order valence-electron chi connectivity index (χ1n) is 8.03. The lowest BCUT2D eigenvalue weighted by atomic mass is 10.0. The maximum absolute atomic E-state index is 6.16. The summed E-state index contributed by atoms with van der Waals surface area (Å²) in [6, 6.07) is 6.22. The van der Waals surface area contributed by atoms with Crippen LogP contribution in [0.5, 0.6) is 0 Å². The third-order valence-electron chi connectivity index (χ3n) is 4.13. The number of rotatable bonds is 5. The van der Waals surface area contributed by atoms with Crippen LogP contribution >= 0.6 is 23.2 Å². The van der Waals surface area contributed by atoms with Crippen LogP contribution in [0, 0.1) is 5.92 Å². The summed E-state index contributed by atoms with van der Waals surface area (Å²) in [6.45, 7) is 6.01. The Morgan fingerprint density at radius 3 is 2.87 bits per heavy atom. The van der Waals surface area contributed by atoms with Gasteiger partial charge in [-0.3, -0.25) is 4.90 Å². The zero-order valence-electron chi connectivity index (χ0n) is 13.4. The van der Waals surface area contributed by atoms with E-state index in [0.29, 0.717) is 28.5 Å². The molecule has 0 bridgehead atoms. The van der Waals surface area contributed by atoms with Gasteiger partial charge in [0.25, 0.3) is 0 Å². The number of hydrogen-bond donors (Lipinski definition) is 0.